The number of rotatable bonds is 4. The van der Waals surface area contributed by atoms with E-state index in [0.29, 0.717) is 0 Å². The zero-order chi connectivity index (χ0) is 15.0. The van der Waals surface area contributed by atoms with Crippen molar-refractivity contribution in [1.82, 2.24) is 14.4 Å². The first-order valence-corrected chi connectivity index (χ1v) is 5.33. The molecule has 0 aliphatic heterocycles. The number of aromatic nitrogens is 3. The van der Waals surface area contributed by atoms with Crippen LogP contribution in [0.1, 0.15) is 0 Å². The second-order valence-electron chi connectivity index (χ2n) is 3.83. The molecule has 0 aliphatic carbocycles. The number of hydrogen-bond donors (Lipinski definition) is 1. The zero-order valence-corrected chi connectivity index (χ0v) is 10.1. The largest absolute Gasteiger partial charge is 0.468 e. The number of nitrogens with one attached hydrogen (secondary N) is 1. The van der Waals surface area contributed by atoms with Gasteiger partial charge < -0.3 is 10.1 Å². The molecule has 0 unspecified atom stereocenters. The number of alkyl halides is 5. The highest BCUT2D eigenvalue weighted by Crippen LogP contribution is 2.35. The molecular formula is C10H9F5N4O. The highest BCUT2D eigenvalue weighted by molar-refractivity contribution is 5.53. The first kappa shape index (κ1) is 14.3. The molecule has 2 aromatic rings. The minimum atomic E-state index is -5.68. The van der Waals surface area contributed by atoms with Gasteiger partial charge in [0.25, 0.3) is 5.88 Å². The van der Waals surface area contributed by atoms with Crippen LogP contribution in [0, 0.1) is 0 Å². The van der Waals surface area contributed by atoms with Crippen LogP contribution in [0.4, 0.5) is 27.8 Å². The monoisotopic (exact) mass is 296 g/mol. The molecule has 0 aliphatic rings. The third kappa shape index (κ3) is 2.58. The van der Waals surface area contributed by atoms with Crippen molar-refractivity contribution in [1.29, 1.82) is 0 Å². The summed E-state index contributed by atoms with van der Waals surface area (Å²) in [5, 5.41) is 2.63. The number of nitrogens with zero attached hydrogens (tertiary/aromatic N) is 3. The topological polar surface area (TPSA) is 51.5 Å². The van der Waals surface area contributed by atoms with Crippen LogP contribution in [-0.2, 0) is 0 Å². The molecule has 0 saturated heterocycles. The Morgan fingerprint density at radius 2 is 2.00 bits per heavy atom. The third-order valence-corrected chi connectivity index (χ3v) is 2.40. The molecule has 0 bridgehead atoms. The first-order chi connectivity index (χ1) is 9.24. The van der Waals surface area contributed by atoms with Gasteiger partial charge in [0.2, 0.25) is 5.65 Å². The van der Waals surface area contributed by atoms with Crippen LogP contribution >= 0.6 is 0 Å². The van der Waals surface area contributed by atoms with Gasteiger partial charge in [-0.2, -0.15) is 26.9 Å². The number of halogens is 5. The van der Waals surface area contributed by atoms with E-state index in [9.17, 15) is 22.0 Å². The van der Waals surface area contributed by atoms with Crippen LogP contribution in [0.3, 0.4) is 0 Å². The molecule has 20 heavy (non-hydrogen) atoms. The Morgan fingerprint density at radius 3 is 2.60 bits per heavy atom. The van der Waals surface area contributed by atoms with Crippen LogP contribution in [0.15, 0.2) is 18.6 Å². The fraction of sp³-hybridized carbons (Fsp3) is 0.400. The second kappa shape index (κ2) is 4.76. The maximum atomic E-state index is 12.8. The molecule has 0 spiro atoms. The van der Waals surface area contributed by atoms with Crippen molar-refractivity contribution >= 4 is 11.5 Å². The molecule has 0 saturated carbocycles. The Kier molecular flexibility index (Phi) is 3.40. The molecule has 0 aromatic carbocycles. The lowest BCUT2D eigenvalue weighted by molar-refractivity contribution is -0.290. The lowest BCUT2D eigenvalue weighted by Crippen LogP contribution is -2.41. The Hall–Kier alpha value is -2.13. The average Bonchev–Trinajstić information content (AvgIpc) is 2.82. The van der Waals surface area contributed by atoms with Crippen molar-refractivity contribution in [2.24, 2.45) is 0 Å². The summed E-state index contributed by atoms with van der Waals surface area (Å²) in [4.78, 5) is 7.54. The fourth-order valence-electron chi connectivity index (χ4n) is 1.36. The van der Waals surface area contributed by atoms with Crippen LogP contribution in [0.25, 0.3) is 5.65 Å². The van der Waals surface area contributed by atoms with E-state index in [1.807, 2.05) is 0 Å². The van der Waals surface area contributed by atoms with E-state index in [1.165, 1.54) is 30.0 Å². The Morgan fingerprint density at radius 1 is 1.30 bits per heavy atom. The minimum Gasteiger partial charge on any atom is -0.468 e. The third-order valence-electron chi connectivity index (χ3n) is 2.40. The van der Waals surface area contributed by atoms with E-state index in [1.54, 1.807) is 0 Å². The van der Waals surface area contributed by atoms with Crippen molar-refractivity contribution in [2.75, 3.05) is 19.0 Å². The summed E-state index contributed by atoms with van der Waals surface area (Å²) in [6, 6.07) is 0. The summed E-state index contributed by atoms with van der Waals surface area (Å²) in [6.07, 6.45) is -1.38. The lowest BCUT2D eigenvalue weighted by Gasteiger charge is -2.19. The predicted molar refractivity (Wildman–Crippen MR) is 59.0 cm³/mol. The summed E-state index contributed by atoms with van der Waals surface area (Å²) < 4.78 is 67.7. The summed E-state index contributed by atoms with van der Waals surface area (Å²) in [5.74, 6) is -5.14. The molecule has 2 heterocycles. The highest BCUT2D eigenvalue weighted by atomic mass is 19.4. The number of fused-ring (bicyclic) bond motifs is 1. The first-order valence-electron chi connectivity index (χ1n) is 5.33. The highest BCUT2D eigenvalue weighted by Gasteiger charge is 2.58. The molecule has 5 nitrogen and oxygen atoms in total. The Bertz CT molecular complexity index is 609. The van der Waals surface area contributed by atoms with Gasteiger partial charge >= 0.3 is 12.1 Å². The Balaban J connectivity index is 2.27. The Labute approximate surface area is 109 Å². The van der Waals surface area contributed by atoms with E-state index in [4.69, 9.17) is 0 Å². The molecule has 10 heteroatoms. The maximum absolute atomic E-state index is 12.8. The van der Waals surface area contributed by atoms with Crippen molar-refractivity contribution in [2.45, 2.75) is 12.1 Å². The van der Waals surface area contributed by atoms with E-state index >= 15 is 0 Å². The quantitative estimate of drug-likeness (QED) is 0.880. The lowest BCUT2D eigenvalue weighted by atomic mass is 10.3. The fourth-order valence-corrected chi connectivity index (χ4v) is 1.36. The summed E-state index contributed by atoms with van der Waals surface area (Å²) >= 11 is 0. The number of imidazole rings is 1. The van der Waals surface area contributed by atoms with Gasteiger partial charge in [0.05, 0.1) is 6.20 Å². The standard InChI is InChI=1S/C10H9F5N4O/c1-16-6-4-19-3-2-17-7(19)8(18-6)20-5-9(11,12)10(13,14)15/h2-4,16H,5H2,1H3. The van der Waals surface area contributed by atoms with Crippen LogP contribution in [0.5, 0.6) is 5.88 Å². The molecule has 2 rings (SSSR count). The summed E-state index contributed by atoms with van der Waals surface area (Å²) in [7, 11) is 1.51. The van der Waals surface area contributed by atoms with Gasteiger partial charge in [0.15, 0.2) is 6.61 Å². The molecule has 110 valence electrons. The number of anilines is 1. The smallest absolute Gasteiger partial charge is 0.456 e. The van der Waals surface area contributed by atoms with Crippen molar-refractivity contribution in [3.8, 4) is 5.88 Å². The summed E-state index contributed by atoms with van der Waals surface area (Å²) in [6.45, 7) is -1.86. The normalized spacial score (nSPS) is 12.7. The van der Waals surface area contributed by atoms with Crippen molar-refractivity contribution in [3.63, 3.8) is 0 Å². The van der Waals surface area contributed by atoms with Crippen LogP contribution in [-0.4, -0.2) is 40.1 Å². The second-order valence-corrected chi connectivity index (χ2v) is 3.83. The van der Waals surface area contributed by atoms with Crippen molar-refractivity contribution in [3.05, 3.63) is 18.6 Å². The zero-order valence-electron chi connectivity index (χ0n) is 10.1. The molecular weight excluding hydrogens is 287 g/mol. The van der Waals surface area contributed by atoms with Gasteiger partial charge in [0, 0.05) is 19.4 Å². The molecule has 0 amide bonds. The molecule has 1 N–H and O–H groups in total. The van der Waals surface area contributed by atoms with Gasteiger partial charge in [-0.05, 0) is 0 Å². The SMILES string of the molecule is CNc1cn2ccnc2c(OCC(F)(F)C(F)(F)F)n1. The van der Waals surface area contributed by atoms with Crippen LogP contribution in [0.2, 0.25) is 0 Å². The minimum absolute atomic E-state index is 0.0435. The predicted octanol–water partition coefficient (Wildman–Crippen LogP) is 2.35. The molecule has 2 aromatic heterocycles. The summed E-state index contributed by atoms with van der Waals surface area (Å²) in [5.41, 5.74) is 0.0435. The molecule has 0 fully saturated rings. The van der Waals surface area contributed by atoms with E-state index in [0.717, 1.165) is 0 Å². The van der Waals surface area contributed by atoms with Crippen molar-refractivity contribution < 1.29 is 26.7 Å². The van der Waals surface area contributed by atoms with E-state index < -0.39 is 24.6 Å². The molecule has 0 radical (unpaired) electrons. The number of ether oxygens (including phenoxy) is 1. The van der Waals surface area contributed by atoms with Crippen LogP contribution < -0.4 is 10.1 Å². The van der Waals surface area contributed by atoms with Gasteiger partial charge in [0.1, 0.15) is 5.82 Å². The number of hydrogen-bond acceptors (Lipinski definition) is 4. The van der Waals surface area contributed by atoms with E-state index in [-0.39, 0.29) is 11.5 Å². The van der Waals surface area contributed by atoms with Gasteiger partial charge in [-0.3, -0.25) is 4.40 Å². The van der Waals surface area contributed by atoms with Gasteiger partial charge in [-0.15, -0.1) is 0 Å². The average molecular weight is 296 g/mol. The van der Waals surface area contributed by atoms with E-state index in [2.05, 4.69) is 20.0 Å². The maximum Gasteiger partial charge on any atom is 0.456 e. The molecule has 0 atom stereocenters. The van der Waals surface area contributed by atoms with Gasteiger partial charge in [-0.1, -0.05) is 0 Å². The van der Waals surface area contributed by atoms with Gasteiger partial charge in [-0.25, -0.2) is 4.98 Å².